The van der Waals surface area contributed by atoms with Gasteiger partial charge in [0.15, 0.2) is 0 Å². The smallest absolute Gasteiger partial charge is 0.311 e. The second kappa shape index (κ2) is 6.70. The Morgan fingerprint density at radius 2 is 2.00 bits per heavy atom. The minimum atomic E-state index is -0.852. The Morgan fingerprint density at radius 1 is 1.33 bits per heavy atom. The lowest BCUT2D eigenvalue weighted by molar-refractivity contribution is -0.147. The maximum atomic E-state index is 11.8. The van der Waals surface area contributed by atoms with Crippen LogP contribution in [0.3, 0.4) is 0 Å². The molecule has 1 aliphatic rings. The van der Waals surface area contributed by atoms with Crippen LogP contribution < -0.4 is 0 Å². The van der Waals surface area contributed by atoms with Crippen molar-refractivity contribution in [3.63, 3.8) is 0 Å². The summed E-state index contributed by atoms with van der Waals surface area (Å²) in [5.74, 6) is -1.01. The summed E-state index contributed by atoms with van der Waals surface area (Å²) in [4.78, 5) is 24.3. The van der Waals surface area contributed by atoms with E-state index in [2.05, 4.69) is 0 Å². The van der Waals surface area contributed by atoms with Crippen LogP contribution in [0.5, 0.6) is 0 Å². The molecule has 1 atom stereocenters. The molecule has 1 amide bonds. The lowest BCUT2D eigenvalue weighted by atomic mass is 9.90. The van der Waals surface area contributed by atoms with E-state index in [-0.39, 0.29) is 19.1 Å². The summed E-state index contributed by atoms with van der Waals surface area (Å²) < 4.78 is 10.3. The van der Waals surface area contributed by atoms with Crippen molar-refractivity contribution in [3.8, 4) is 0 Å². The van der Waals surface area contributed by atoms with Gasteiger partial charge in [-0.2, -0.15) is 0 Å². The highest BCUT2D eigenvalue weighted by Crippen LogP contribution is 2.29. The zero-order valence-corrected chi connectivity index (χ0v) is 11.0. The lowest BCUT2D eigenvalue weighted by Gasteiger charge is -2.20. The Bertz CT molecular complexity index is 307. The molecule has 0 aromatic carbocycles. The summed E-state index contributed by atoms with van der Waals surface area (Å²) in [6.07, 6.45) is 0.493. The van der Waals surface area contributed by atoms with Gasteiger partial charge in [0.1, 0.15) is 6.61 Å². The molecule has 1 heterocycles. The molecular weight excluding hydrogens is 238 g/mol. The molecule has 0 aromatic heterocycles. The fraction of sp³-hybridized carbons (Fsp3) is 0.833. The van der Waals surface area contributed by atoms with E-state index in [9.17, 15) is 9.59 Å². The zero-order chi connectivity index (χ0) is 13.6. The van der Waals surface area contributed by atoms with Crippen LogP contribution in [0, 0.1) is 5.41 Å². The zero-order valence-electron chi connectivity index (χ0n) is 11.0. The molecule has 1 unspecified atom stereocenters. The van der Waals surface area contributed by atoms with E-state index in [1.807, 2.05) is 6.92 Å². The number of nitrogens with zero attached hydrogens (tertiary/aromatic N) is 1. The predicted octanol–water partition coefficient (Wildman–Crippen LogP) is 0.363. The van der Waals surface area contributed by atoms with E-state index in [4.69, 9.17) is 14.6 Å². The van der Waals surface area contributed by atoms with Crippen molar-refractivity contribution < 1.29 is 24.2 Å². The fourth-order valence-corrected chi connectivity index (χ4v) is 1.86. The first kappa shape index (κ1) is 14.9. The van der Waals surface area contributed by atoms with Gasteiger partial charge in [0.05, 0.1) is 18.6 Å². The topological polar surface area (TPSA) is 76.1 Å². The third-order valence-electron chi connectivity index (χ3n) is 3.14. The van der Waals surface area contributed by atoms with Crippen LogP contribution in [-0.2, 0) is 19.1 Å². The van der Waals surface area contributed by atoms with Crippen LogP contribution in [0.1, 0.15) is 20.3 Å². The van der Waals surface area contributed by atoms with E-state index in [0.29, 0.717) is 32.8 Å². The van der Waals surface area contributed by atoms with Gasteiger partial charge < -0.3 is 19.5 Å². The average Bonchev–Trinajstić information content (AvgIpc) is 2.73. The van der Waals surface area contributed by atoms with Crippen molar-refractivity contribution in [2.45, 2.75) is 20.3 Å². The summed E-state index contributed by atoms with van der Waals surface area (Å²) in [5.41, 5.74) is -0.818. The molecule has 1 N–H and O–H groups in total. The van der Waals surface area contributed by atoms with E-state index < -0.39 is 11.4 Å². The molecule has 6 heteroatoms. The molecule has 0 aliphatic carbocycles. The first-order chi connectivity index (χ1) is 8.49. The Hall–Kier alpha value is -1.14. The Balaban J connectivity index is 2.26. The lowest BCUT2D eigenvalue weighted by Crippen LogP contribution is -2.36. The molecule has 0 bridgehead atoms. The van der Waals surface area contributed by atoms with Crippen molar-refractivity contribution in [2.75, 3.05) is 39.5 Å². The number of ether oxygens (including phenoxy) is 2. The quantitative estimate of drug-likeness (QED) is 0.668. The minimum Gasteiger partial charge on any atom is -0.481 e. The molecule has 6 nitrogen and oxygen atoms in total. The Labute approximate surface area is 107 Å². The number of aliphatic carboxylic acids is 1. The number of hydrogen-bond acceptors (Lipinski definition) is 4. The second-order valence-corrected chi connectivity index (χ2v) is 4.68. The second-order valence-electron chi connectivity index (χ2n) is 4.68. The number of likely N-dealkylation sites (tertiary alicyclic amines) is 1. The van der Waals surface area contributed by atoms with Gasteiger partial charge in [-0.15, -0.1) is 0 Å². The third-order valence-corrected chi connectivity index (χ3v) is 3.14. The van der Waals surface area contributed by atoms with Crippen molar-refractivity contribution in [2.24, 2.45) is 5.41 Å². The van der Waals surface area contributed by atoms with Crippen LogP contribution in [0.2, 0.25) is 0 Å². The third kappa shape index (κ3) is 3.96. The number of carbonyl (C=O) groups excluding carboxylic acids is 1. The van der Waals surface area contributed by atoms with Crippen molar-refractivity contribution in [1.82, 2.24) is 4.90 Å². The van der Waals surface area contributed by atoms with E-state index in [1.54, 1.807) is 11.8 Å². The number of rotatable bonds is 7. The van der Waals surface area contributed by atoms with Gasteiger partial charge in [-0.25, -0.2) is 0 Å². The van der Waals surface area contributed by atoms with E-state index in [1.165, 1.54) is 0 Å². The van der Waals surface area contributed by atoms with Crippen LogP contribution in [0.4, 0.5) is 0 Å². The van der Waals surface area contributed by atoms with E-state index >= 15 is 0 Å². The maximum Gasteiger partial charge on any atom is 0.311 e. The van der Waals surface area contributed by atoms with Gasteiger partial charge in [0, 0.05) is 19.7 Å². The normalized spacial score (nSPS) is 23.3. The van der Waals surface area contributed by atoms with Crippen LogP contribution >= 0.6 is 0 Å². The highest BCUT2D eigenvalue weighted by molar-refractivity contribution is 5.81. The number of hydrogen-bond donors (Lipinski definition) is 1. The predicted molar refractivity (Wildman–Crippen MR) is 64.3 cm³/mol. The summed E-state index contributed by atoms with van der Waals surface area (Å²) >= 11 is 0. The highest BCUT2D eigenvalue weighted by atomic mass is 16.5. The van der Waals surface area contributed by atoms with Crippen LogP contribution in [-0.4, -0.2) is 61.4 Å². The van der Waals surface area contributed by atoms with Gasteiger partial charge in [-0.3, -0.25) is 9.59 Å². The molecule has 0 spiro atoms. The number of carboxylic acid groups (broad SMARTS) is 1. The Kier molecular flexibility index (Phi) is 5.55. The molecule has 0 saturated carbocycles. The monoisotopic (exact) mass is 259 g/mol. The summed E-state index contributed by atoms with van der Waals surface area (Å²) in [6, 6.07) is 0. The average molecular weight is 259 g/mol. The standard InChI is InChI=1S/C12H21NO5/c1-3-17-6-7-18-8-10(14)13-5-4-12(2,9-13)11(15)16/h3-9H2,1-2H3,(H,15,16). The number of carboxylic acids is 1. The summed E-state index contributed by atoms with van der Waals surface area (Å²) in [5, 5.41) is 9.06. The van der Waals surface area contributed by atoms with E-state index in [0.717, 1.165) is 0 Å². The molecule has 1 aliphatic heterocycles. The summed E-state index contributed by atoms with van der Waals surface area (Å²) in [6.45, 7) is 5.76. The molecule has 1 fully saturated rings. The van der Waals surface area contributed by atoms with Gasteiger partial charge in [0.2, 0.25) is 5.91 Å². The van der Waals surface area contributed by atoms with Crippen molar-refractivity contribution >= 4 is 11.9 Å². The van der Waals surface area contributed by atoms with Gasteiger partial charge in [-0.1, -0.05) is 0 Å². The van der Waals surface area contributed by atoms with Crippen LogP contribution in [0.15, 0.2) is 0 Å². The number of amides is 1. The highest BCUT2D eigenvalue weighted by Gasteiger charge is 2.41. The largest absolute Gasteiger partial charge is 0.481 e. The van der Waals surface area contributed by atoms with Gasteiger partial charge in [0.25, 0.3) is 0 Å². The summed E-state index contributed by atoms with van der Waals surface area (Å²) in [7, 11) is 0. The SMILES string of the molecule is CCOCCOCC(=O)N1CCC(C)(C(=O)O)C1. The minimum absolute atomic E-state index is 0.0111. The number of carbonyl (C=O) groups is 2. The molecule has 0 aromatic rings. The van der Waals surface area contributed by atoms with Crippen molar-refractivity contribution in [1.29, 1.82) is 0 Å². The molecule has 18 heavy (non-hydrogen) atoms. The molecule has 1 saturated heterocycles. The molecule has 1 rings (SSSR count). The fourth-order valence-electron chi connectivity index (χ4n) is 1.86. The van der Waals surface area contributed by atoms with Gasteiger partial charge >= 0.3 is 5.97 Å². The Morgan fingerprint density at radius 3 is 2.56 bits per heavy atom. The molecule has 104 valence electrons. The first-order valence-corrected chi connectivity index (χ1v) is 6.16. The van der Waals surface area contributed by atoms with Crippen molar-refractivity contribution in [3.05, 3.63) is 0 Å². The molecule has 0 radical (unpaired) electrons. The van der Waals surface area contributed by atoms with Gasteiger partial charge in [-0.05, 0) is 20.3 Å². The first-order valence-electron chi connectivity index (χ1n) is 6.16. The van der Waals surface area contributed by atoms with Crippen LogP contribution in [0.25, 0.3) is 0 Å². The maximum absolute atomic E-state index is 11.8. The molecular formula is C12H21NO5.